The van der Waals surface area contributed by atoms with Gasteiger partial charge in [0.05, 0.1) is 0 Å². The highest BCUT2D eigenvalue weighted by Gasteiger charge is 2.25. The van der Waals surface area contributed by atoms with Crippen LogP contribution in [0.5, 0.6) is 0 Å². The van der Waals surface area contributed by atoms with Crippen molar-refractivity contribution in [2.24, 2.45) is 0 Å². The minimum atomic E-state index is 0.785. The third kappa shape index (κ3) is 1.96. The van der Waals surface area contributed by atoms with Crippen molar-refractivity contribution in [1.29, 1.82) is 0 Å². The highest BCUT2D eigenvalue weighted by atomic mass is 15.2. The Morgan fingerprint density at radius 3 is 2.65 bits per heavy atom. The molecule has 20 heavy (non-hydrogen) atoms. The molecule has 102 valence electrons. The van der Waals surface area contributed by atoms with Gasteiger partial charge in [0.2, 0.25) is 0 Å². The Labute approximate surface area is 118 Å². The lowest BCUT2D eigenvalue weighted by Gasteiger charge is -2.20. The van der Waals surface area contributed by atoms with Gasteiger partial charge in [-0.2, -0.15) is 0 Å². The second kappa shape index (κ2) is 4.85. The number of fused-ring (bicyclic) bond motifs is 1. The zero-order valence-corrected chi connectivity index (χ0v) is 11.5. The third-order valence-corrected chi connectivity index (χ3v) is 4.21. The number of rotatable bonds is 2. The van der Waals surface area contributed by atoms with Gasteiger partial charge in [-0.25, -0.2) is 9.97 Å². The van der Waals surface area contributed by atoms with Gasteiger partial charge < -0.3 is 4.90 Å². The first-order valence-electron chi connectivity index (χ1n) is 7.48. The maximum absolute atomic E-state index is 4.85. The summed E-state index contributed by atoms with van der Waals surface area (Å²) >= 11 is 0. The molecule has 0 N–H and O–H groups in total. The van der Waals surface area contributed by atoms with Crippen LogP contribution in [0.25, 0.3) is 11.5 Å². The molecular weight excluding hydrogens is 248 g/mol. The van der Waals surface area contributed by atoms with Crippen molar-refractivity contribution in [3.8, 4) is 11.5 Å². The monoisotopic (exact) mass is 266 g/mol. The fourth-order valence-corrected chi connectivity index (χ4v) is 3.21. The minimum absolute atomic E-state index is 0.785. The number of aromatic nitrogens is 3. The summed E-state index contributed by atoms with van der Waals surface area (Å²) in [5.41, 5.74) is 3.50. The molecule has 0 radical (unpaired) electrons. The summed E-state index contributed by atoms with van der Waals surface area (Å²) in [6.07, 6.45) is 7.77. The van der Waals surface area contributed by atoms with Crippen molar-refractivity contribution < 1.29 is 0 Å². The SMILES string of the molecule is c1ccc(-c2nc3c(c(N4CCCC4)n2)CCC3)nc1. The third-order valence-electron chi connectivity index (χ3n) is 4.21. The summed E-state index contributed by atoms with van der Waals surface area (Å²) in [4.78, 5) is 16.4. The predicted molar refractivity (Wildman–Crippen MR) is 78.7 cm³/mol. The first-order chi connectivity index (χ1) is 9.92. The van der Waals surface area contributed by atoms with E-state index in [0.29, 0.717) is 0 Å². The average Bonchev–Trinajstić information content (AvgIpc) is 3.18. The molecule has 1 saturated heterocycles. The zero-order chi connectivity index (χ0) is 13.4. The molecule has 3 heterocycles. The molecule has 1 aliphatic heterocycles. The van der Waals surface area contributed by atoms with E-state index in [0.717, 1.165) is 37.4 Å². The normalized spacial score (nSPS) is 17.5. The molecule has 4 nitrogen and oxygen atoms in total. The molecule has 0 aromatic carbocycles. The molecule has 0 amide bonds. The van der Waals surface area contributed by atoms with Crippen molar-refractivity contribution in [3.63, 3.8) is 0 Å². The molecule has 2 aliphatic rings. The summed E-state index contributed by atoms with van der Waals surface area (Å²) < 4.78 is 0. The Kier molecular flexibility index (Phi) is 2.87. The van der Waals surface area contributed by atoms with Gasteiger partial charge in [0, 0.05) is 30.5 Å². The van der Waals surface area contributed by atoms with Crippen LogP contribution in [0.3, 0.4) is 0 Å². The molecule has 4 rings (SSSR count). The van der Waals surface area contributed by atoms with Gasteiger partial charge in [0.25, 0.3) is 0 Å². The molecule has 0 unspecified atom stereocenters. The largest absolute Gasteiger partial charge is 0.356 e. The molecule has 0 spiro atoms. The maximum atomic E-state index is 4.85. The van der Waals surface area contributed by atoms with Crippen LogP contribution < -0.4 is 4.90 Å². The van der Waals surface area contributed by atoms with Gasteiger partial charge in [-0.1, -0.05) is 6.07 Å². The summed E-state index contributed by atoms with van der Waals surface area (Å²) in [6, 6.07) is 5.91. The van der Waals surface area contributed by atoms with Crippen LogP contribution in [0.15, 0.2) is 24.4 Å². The number of hydrogen-bond donors (Lipinski definition) is 0. The van der Waals surface area contributed by atoms with E-state index in [1.165, 1.54) is 36.3 Å². The molecule has 1 fully saturated rings. The Morgan fingerprint density at radius 1 is 0.950 bits per heavy atom. The molecule has 0 atom stereocenters. The molecular formula is C16H18N4. The smallest absolute Gasteiger partial charge is 0.180 e. The van der Waals surface area contributed by atoms with E-state index in [-0.39, 0.29) is 0 Å². The first-order valence-corrected chi connectivity index (χ1v) is 7.48. The Balaban J connectivity index is 1.83. The van der Waals surface area contributed by atoms with Gasteiger partial charge in [-0.05, 0) is 44.2 Å². The van der Waals surface area contributed by atoms with Gasteiger partial charge >= 0.3 is 0 Å². The van der Waals surface area contributed by atoms with E-state index in [1.807, 2.05) is 18.2 Å². The van der Waals surface area contributed by atoms with Gasteiger partial charge in [0.1, 0.15) is 11.5 Å². The van der Waals surface area contributed by atoms with E-state index >= 15 is 0 Å². The fourth-order valence-electron chi connectivity index (χ4n) is 3.21. The lowest BCUT2D eigenvalue weighted by Crippen LogP contribution is -2.21. The van der Waals surface area contributed by atoms with Crippen molar-refractivity contribution in [2.45, 2.75) is 32.1 Å². The number of aryl methyl sites for hydroxylation is 1. The molecule has 1 aliphatic carbocycles. The second-order valence-corrected chi connectivity index (χ2v) is 5.56. The first kappa shape index (κ1) is 11.8. The van der Waals surface area contributed by atoms with Crippen molar-refractivity contribution in [1.82, 2.24) is 15.0 Å². The van der Waals surface area contributed by atoms with Crippen molar-refractivity contribution in [2.75, 3.05) is 18.0 Å². The molecule has 4 heteroatoms. The Bertz CT molecular complexity index is 618. The summed E-state index contributed by atoms with van der Waals surface area (Å²) in [5.74, 6) is 1.96. The summed E-state index contributed by atoms with van der Waals surface area (Å²) in [6.45, 7) is 2.26. The van der Waals surface area contributed by atoms with Gasteiger partial charge in [0.15, 0.2) is 5.82 Å². The molecule has 0 bridgehead atoms. The van der Waals surface area contributed by atoms with E-state index in [2.05, 4.69) is 9.88 Å². The van der Waals surface area contributed by atoms with Crippen molar-refractivity contribution in [3.05, 3.63) is 35.7 Å². The quantitative estimate of drug-likeness (QED) is 0.838. The Morgan fingerprint density at radius 2 is 1.85 bits per heavy atom. The number of nitrogens with zero attached hydrogens (tertiary/aromatic N) is 4. The highest BCUT2D eigenvalue weighted by Crippen LogP contribution is 2.32. The van der Waals surface area contributed by atoms with Crippen LogP contribution in [0.2, 0.25) is 0 Å². The highest BCUT2D eigenvalue weighted by molar-refractivity contribution is 5.59. The summed E-state index contributed by atoms with van der Waals surface area (Å²) in [7, 11) is 0. The lowest BCUT2D eigenvalue weighted by molar-refractivity contribution is 0.891. The number of hydrogen-bond acceptors (Lipinski definition) is 4. The average molecular weight is 266 g/mol. The number of anilines is 1. The maximum Gasteiger partial charge on any atom is 0.180 e. The van der Waals surface area contributed by atoms with E-state index < -0.39 is 0 Å². The Hall–Kier alpha value is -1.97. The van der Waals surface area contributed by atoms with E-state index in [1.54, 1.807) is 6.20 Å². The topological polar surface area (TPSA) is 41.9 Å². The molecule has 2 aromatic heterocycles. The van der Waals surface area contributed by atoms with Crippen LogP contribution in [-0.4, -0.2) is 28.0 Å². The van der Waals surface area contributed by atoms with E-state index in [9.17, 15) is 0 Å². The fraction of sp³-hybridized carbons (Fsp3) is 0.438. The number of pyridine rings is 1. The standard InChI is InChI=1S/C16H18N4/c1-2-9-17-14(7-1)15-18-13-8-5-6-12(13)16(19-15)20-10-3-4-11-20/h1-2,7,9H,3-6,8,10-11H2. The van der Waals surface area contributed by atoms with Crippen LogP contribution in [-0.2, 0) is 12.8 Å². The van der Waals surface area contributed by atoms with Crippen LogP contribution in [0.1, 0.15) is 30.5 Å². The minimum Gasteiger partial charge on any atom is -0.356 e. The van der Waals surface area contributed by atoms with E-state index in [4.69, 9.17) is 9.97 Å². The molecule has 2 aromatic rings. The second-order valence-electron chi connectivity index (χ2n) is 5.56. The van der Waals surface area contributed by atoms with Crippen molar-refractivity contribution >= 4 is 5.82 Å². The van der Waals surface area contributed by atoms with Crippen LogP contribution in [0.4, 0.5) is 5.82 Å². The van der Waals surface area contributed by atoms with Crippen LogP contribution >= 0.6 is 0 Å². The summed E-state index contributed by atoms with van der Waals surface area (Å²) in [5, 5.41) is 0. The molecule has 0 saturated carbocycles. The zero-order valence-electron chi connectivity index (χ0n) is 11.5. The van der Waals surface area contributed by atoms with Gasteiger partial charge in [-0.3, -0.25) is 4.98 Å². The lowest BCUT2D eigenvalue weighted by atomic mass is 10.2. The predicted octanol–water partition coefficient (Wildman–Crippen LogP) is 2.63. The van der Waals surface area contributed by atoms with Gasteiger partial charge in [-0.15, -0.1) is 0 Å². The van der Waals surface area contributed by atoms with Crippen LogP contribution in [0, 0.1) is 0 Å².